The third-order valence-electron chi connectivity index (χ3n) is 5.42. The zero-order chi connectivity index (χ0) is 22.9. The van der Waals surface area contributed by atoms with Crippen LogP contribution in [0.15, 0.2) is 114 Å². The van der Waals surface area contributed by atoms with Gasteiger partial charge in [0.1, 0.15) is 5.76 Å². The van der Waals surface area contributed by atoms with Crippen LogP contribution >= 0.6 is 0 Å². The molecule has 0 fully saturated rings. The largest absolute Gasteiger partial charge is 0.467 e. The van der Waals surface area contributed by atoms with Gasteiger partial charge < -0.3 is 14.6 Å². The van der Waals surface area contributed by atoms with E-state index in [9.17, 15) is 9.59 Å². The van der Waals surface area contributed by atoms with Crippen LogP contribution in [0.3, 0.4) is 0 Å². The maximum Gasteiger partial charge on any atom is 0.251 e. The van der Waals surface area contributed by atoms with Crippen LogP contribution in [0.5, 0.6) is 0 Å². The summed E-state index contributed by atoms with van der Waals surface area (Å²) in [6, 6.07) is 31.7. The van der Waals surface area contributed by atoms with Gasteiger partial charge in [-0.05, 0) is 35.4 Å². The van der Waals surface area contributed by atoms with E-state index in [1.807, 2.05) is 91.0 Å². The molecule has 0 saturated heterocycles. The Balaban J connectivity index is 1.55. The van der Waals surface area contributed by atoms with Crippen LogP contribution in [0.25, 0.3) is 0 Å². The van der Waals surface area contributed by atoms with Crippen LogP contribution in [-0.2, 0) is 17.9 Å². The highest BCUT2D eigenvalue weighted by atomic mass is 16.3. The Morgan fingerprint density at radius 2 is 1.39 bits per heavy atom. The molecular formula is C28H26N2O3. The molecule has 1 N–H and O–H groups in total. The summed E-state index contributed by atoms with van der Waals surface area (Å²) >= 11 is 0. The summed E-state index contributed by atoms with van der Waals surface area (Å²) in [5.74, 6) is 0.430. The predicted octanol–water partition coefficient (Wildman–Crippen LogP) is 5.37. The van der Waals surface area contributed by atoms with Gasteiger partial charge >= 0.3 is 0 Å². The smallest absolute Gasteiger partial charge is 0.251 e. The molecule has 5 heteroatoms. The van der Waals surface area contributed by atoms with E-state index >= 15 is 0 Å². The number of amides is 2. The topological polar surface area (TPSA) is 62.6 Å². The molecule has 166 valence electrons. The molecule has 0 aliphatic carbocycles. The van der Waals surface area contributed by atoms with Crippen LogP contribution in [0, 0.1) is 0 Å². The monoisotopic (exact) mass is 438 g/mol. The highest BCUT2D eigenvalue weighted by Gasteiger charge is 2.23. The second-order valence-corrected chi connectivity index (χ2v) is 7.82. The quantitative estimate of drug-likeness (QED) is 0.382. The lowest BCUT2D eigenvalue weighted by Crippen LogP contribution is -2.36. The van der Waals surface area contributed by atoms with Crippen molar-refractivity contribution in [2.24, 2.45) is 0 Å². The zero-order valence-electron chi connectivity index (χ0n) is 18.3. The fourth-order valence-electron chi connectivity index (χ4n) is 3.70. The number of carbonyl (C=O) groups excluding carboxylic acids is 2. The average Bonchev–Trinajstić information content (AvgIpc) is 3.38. The lowest BCUT2D eigenvalue weighted by Gasteiger charge is -2.26. The Bertz CT molecular complexity index is 1140. The Labute approximate surface area is 193 Å². The molecule has 2 amide bonds. The van der Waals surface area contributed by atoms with Crippen LogP contribution in [0.4, 0.5) is 0 Å². The molecule has 4 aromatic rings. The first kappa shape index (κ1) is 22.1. The van der Waals surface area contributed by atoms with Gasteiger partial charge in [0.25, 0.3) is 5.91 Å². The molecule has 3 aromatic carbocycles. The first-order chi connectivity index (χ1) is 16.2. The Morgan fingerprint density at radius 1 is 0.758 bits per heavy atom. The lowest BCUT2D eigenvalue weighted by atomic mass is 10.0. The maximum absolute atomic E-state index is 13.5. The van der Waals surface area contributed by atoms with Gasteiger partial charge in [-0.25, -0.2) is 0 Å². The number of rotatable bonds is 9. The second kappa shape index (κ2) is 11.0. The molecule has 1 aromatic heterocycles. The fourth-order valence-corrected chi connectivity index (χ4v) is 3.70. The van der Waals surface area contributed by atoms with E-state index in [4.69, 9.17) is 4.42 Å². The van der Waals surface area contributed by atoms with Crippen LogP contribution < -0.4 is 5.32 Å². The third-order valence-corrected chi connectivity index (χ3v) is 5.42. The van der Waals surface area contributed by atoms with Gasteiger partial charge in [0.15, 0.2) is 0 Å². The van der Waals surface area contributed by atoms with Crippen molar-refractivity contribution < 1.29 is 14.0 Å². The van der Waals surface area contributed by atoms with Crippen molar-refractivity contribution in [2.45, 2.75) is 25.6 Å². The van der Waals surface area contributed by atoms with Crippen molar-refractivity contribution in [1.82, 2.24) is 10.2 Å². The Morgan fingerprint density at radius 3 is 2.03 bits per heavy atom. The SMILES string of the molecule is O=C(NC(CC(=O)N(Cc1ccccc1)Cc1ccco1)c1ccccc1)c1ccccc1. The van der Waals surface area contributed by atoms with Crippen LogP contribution in [0.2, 0.25) is 0 Å². The first-order valence-corrected chi connectivity index (χ1v) is 10.9. The van der Waals surface area contributed by atoms with E-state index in [1.54, 1.807) is 23.3 Å². The van der Waals surface area contributed by atoms with Crippen molar-refractivity contribution in [3.8, 4) is 0 Å². The van der Waals surface area contributed by atoms with Gasteiger partial charge in [-0.1, -0.05) is 78.9 Å². The van der Waals surface area contributed by atoms with Gasteiger partial charge in [-0.3, -0.25) is 9.59 Å². The van der Waals surface area contributed by atoms with Gasteiger partial charge in [0.2, 0.25) is 5.91 Å². The molecule has 0 bridgehead atoms. The van der Waals surface area contributed by atoms with Crippen molar-refractivity contribution in [1.29, 1.82) is 0 Å². The summed E-state index contributed by atoms with van der Waals surface area (Å²) < 4.78 is 5.50. The van der Waals surface area contributed by atoms with Crippen molar-refractivity contribution in [2.75, 3.05) is 0 Å². The van der Waals surface area contributed by atoms with E-state index in [1.165, 1.54) is 0 Å². The highest BCUT2D eigenvalue weighted by Crippen LogP contribution is 2.21. The second-order valence-electron chi connectivity index (χ2n) is 7.82. The minimum absolute atomic E-state index is 0.0718. The van der Waals surface area contributed by atoms with E-state index in [0.717, 1.165) is 11.1 Å². The van der Waals surface area contributed by atoms with Gasteiger partial charge in [0.05, 0.1) is 25.3 Å². The molecule has 5 nitrogen and oxygen atoms in total. The highest BCUT2D eigenvalue weighted by molar-refractivity contribution is 5.94. The van der Waals surface area contributed by atoms with E-state index in [-0.39, 0.29) is 18.2 Å². The molecule has 0 radical (unpaired) electrons. The minimum atomic E-state index is -0.457. The Kier molecular flexibility index (Phi) is 7.33. The van der Waals surface area contributed by atoms with E-state index in [0.29, 0.717) is 24.4 Å². The number of carbonyl (C=O) groups is 2. The summed E-state index contributed by atoms with van der Waals surface area (Å²) in [6.45, 7) is 0.809. The molecular weight excluding hydrogens is 412 g/mol. The predicted molar refractivity (Wildman–Crippen MR) is 127 cm³/mol. The molecule has 1 unspecified atom stereocenters. The van der Waals surface area contributed by atoms with E-state index < -0.39 is 6.04 Å². The summed E-state index contributed by atoms with van der Waals surface area (Å²) in [4.78, 5) is 28.1. The van der Waals surface area contributed by atoms with Gasteiger partial charge in [0, 0.05) is 12.1 Å². The van der Waals surface area contributed by atoms with Crippen molar-refractivity contribution >= 4 is 11.8 Å². The molecule has 1 atom stereocenters. The van der Waals surface area contributed by atoms with Crippen molar-refractivity contribution in [3.63, 3.8) is 0 Å². The molecule has 0 saturated carbocycles. The van der Waals surface area contributed by atoms with Gasteiger partial charge in [-0.2, -0.15) is 0 Å². The summed E-state index contributed by atoms with van der Waals surface area (Å²) in [6.07, 6.45) is 1.74. The molecule has 0 spiro atoms. The van der Waals surface area contributed by atoms with Crippen LogP contribution in [-0.4, -0.2) is 16.7 Å². The lowest BCUT2D eigenvalue weighted by molar-refractivity contribution is -0.133. The minimum Gasteiger partial charge on any atom is -0.467 e. The molecule has 33 heavy (non-hydrogen) atoms. The van der Waals surface area contributed by atoms with E-state index in [2.05, 4.69) is 5.32 Å². The molecule has 0 aliphatic rings. The van der Waals surface area contributed by atoms with Crippen molar-refractivity contribution in [3.05, 3.63) is 132 Å². The summed E-state index contributed by atoms with van der Waals surface area (Å²) in [5, 5.41) is 3.05. The number of furan rings is 1. The zero-order valence-corrected chi connectivity index (χ0v) is 18.3. The summed E-state index contributed by atoms with van der Waals surface area (Å²) in [5.41, 5.74) is 2.47. The van der Waals surface area contributed by atoms with Crippen LogP contribution in [0.1, 0.15) is 39.7 Å². The number of hydrogen-bond acceptors (Lipinski definition) is 3. The summed E-state index contributed by atoms with van der Waals surface area (Å²) in [7, 11) is 0. The molecule has 1 heterocycles. The van der Waals surface area contributed by atoms with Gasteiger partial charge in [-0.15, -0.1) is 0 Å². The molecule has 0 aliphatic heterocycles. The Hall–Kier alpha value is -4.12. The molecule has 4 rings (SSSR count). The fraction of sp³-hybridized carbons (Fsp3) is 0.143. The average molecular weight is 439 g/mol. The number of nitrogens with one attached hydrogen (secondary N) is 1. The standard InChI is InChI=1S/C28H26N2O3/c31-27(30(21-25-17-10-18-33-25)20-22-11-4-1-5-12-22)19-26(23-13-6-2-7-14-23)29-28(32)24-15-8-3-9-16-24/h1-18,26H,19-21H2,(H,29,32). The number of benzene rings is 3. The first-order valence-electron chi connectivity index (χ1n) is 10.9. The number of hydrogen-bond donors (Lipinski definition) is 1. The normalized spacial score (nSPS) is 11.5. The third kappa shape index (κ3) is 6.20. The number of nitrogens with zero attached hydrogens (tertiary/aromatic N) is 1. The maximum atomic E-state index is 13.5.